The van der Waals surface area contributed by atoms with Crippen molar-refractivity contribution in [3.63, 3.8) is 0 Å². The minimum Gasteiger partial charge on any atom is -0.416 e. The first kappa shape index (κ1) is 20.6. The Morgan fingerprint density at radius 1 is 0.879 bits per heavy atom. The van der Waals surface area contributed by atoms with E-state index in [-0.39, 0.29) is 11.8 Å². The number of hydrogen-bond donors (Lipinski definition) is 1. The molecule has 4 aromatic rings. The van der Waals surface area contributed by atoms with Gasteiger partial charge in [-0.3, -0.25) is 9.59 Å². The second-order valence-electron chi connectivity index (χ2n) is 8.01. The van der Waals surface area contributed by atoms with Crippen LogP contribution >= 0.6 is 0 Å². The van der Waals surface area contributed by atoms with E-state index in [1.807, 2.05) is 43.3 Å². The Kier molecular flexibility index (Phi) is 5.44. The van der Waals surface area contributed by atoms with Gasteiger partial charge in [-0.2, -0.15) is 0 Å². The van der Waals surface area contributed by atoms with E-state index in [2.05, 4.69) is 15.5 Å². The molecule has 1 N–H and O–H groups in total. The summed E-state index contributed by atoms with van der Waals surface area (Å²) >= 11 is 0. The van der Waals surface area contributed by atoms with Gasteiger partial charge in [0, 0.05) is 41.0 Å². The predicted octanol–water partition coefficient (Wildman–Crippen LogP) is 5.09. The molecule has 7 nitrogen and oxygen atoms in total. The lowest BCUT2D eigenvalue weighted by Gasteiger charge is -2.16. The molecule has 1 fully saturated rings. The van der Waals surface area contributed by atoms with Gasteiger partial charge < -0.3 is 14.6 Å². The lowest BCUT2D eigenvalue weighted by molar-refractivity contribution is -0.117. The van der Waals surface area contributed by atoms with E-state index in [0.29, 0.717) is 29.5 Å². The summed E-state index contributed by atoms with van der Waals surface area (Å²) in [6, 6.07) is 22.2. The fourth-order valence-electron chi connectivity index (χ4n) is 3.77. The molecule has 2 amide bonds. The van der Waals surface area contributed by atoms with Crippen LogP contribution in [0, 0.1) is 6.92 Å². The Hall–Kier alpha value is -4.26. The number of nitrogens with one attached hydrogen (secondary N) is 1. The fourth-order valence-corrected chi connectivity index (χ4v) is 3.77. The van der Waals surface area contributed by atoms with Crippen LogP contribution in [0.2, 0.25) is 0 Å². The Balaban J connectivity index is 1.25. The standard InChI is InChI=1S/C26H22N4O3/c1-17-4-6-19(7-5-17)25-28-29-26(33-25)20-10-8-18(9-11-20)24(32)27-21-12-14-22(15-13-21)30-16-2-3-23(30)31/h4-15H,2-3,16H2,1H3,(H,27,32). The van der Waals surface area contributed by atoms with Gasteiger partial charge in [-0.25, -0.2) is 0 Å². The van der Waals surface area contributed by atoms with Gasteiger partial charge in [-0.1, -0.05) is 17.7 Å². The molecule has 1 aliphatic rings. The molecule has 164 valence electrons. The first-order chi connectivity index (χ1) is 16.1. The van der Waals surface area contributed by atoms with Crippen LogP contribution in [0.4, 0.5) is 11.4 Å². The first-order valence-corrected chi connectivity index (χ1v) is 10.8. The molecule has 5 rings (SSSR count). The van der Waals surface area contributed by atoms with Crippen LogP contribution in [0.15, 0.2) is 77.2 Å². The number of carbonyl (C=O) groups is 2. The Morgan fingerprint density at radius 2 is 1.48 bits per heavy atom. The lowest BCUT2D eigenvalue weighted by atomic mass is 10.1. The van der Waals surface area contributed by atoms with E-state index >= 15 is 0 Å². The zero-order valence-corrected chi connectivity index (χ0v) is 18.1. The van der Waals surface area contributed by atoms with Gasteiger partial charge in [0.25, 0.3) is 5.91 Å². The molecule has 0 aliphatic carbocycles. The second-order valence-corrected chi connectivity index (χ2v) is 8.01. The van der Waals surface area contributed by atoms with Crippen molar-refractivity contribution in [2.75, 3.05) is 16.8 Å². The van der Waals surface area contributed by atoms with Crippen LogP contribution < -0.4 is 10.2 Å². The summed E-state index contributed by atoms with van der Waals surface area (Å²) in [5, 5.41) is 11.1. The molecule has 1 saturated heterocycles. The molecule has 0 spiro atoms. The van der Waals surface area contributed by atoms with Crippen molar-refractivity contribution in [3.8, 4) is 22.9 Å². The van der Waals surface area contributed by atoms with Crippen molar-refractivity contribution in [2.24, 2.45) is 0 Å². The normalized spacial score (nSPS) is 13.4. The molecular weight excluding hydrogens is 416 g/mol. The zero-order chi connectivity index (χ0) is 22.8. The lowest BCUT2D eigenvalue weighted by Crippen LogP contribution is -2.23. The Morgan fingerprint density at radius 3 is 2.06 bits per heavy atom. The molecule has 2 heterocycles. The van der Waals surface area contributed by atoms with Crippen molar-refractivity contribution in [2.45, 2.75) is 19.8 Å². The molecule has 33 heavy (non-hydrogen) atoms. The first-order valence-electron chi connectivity index (χ1n) is 10.8. The summed E-state index contributed by atoms with van der Waals surface area (Å²) in [6.45, 7) is 2.76. The number of carbonyl (C=O) groups excluding carboxylic acids is 2. The molecule has 1 aromatic heterocycles. The number of anilines is 2. The Bertz CT molecular complexity index is 1290. The number of amides is 2. The fraction of sp³-hybridized carbons (Fsp3) is 0.154. The molecule has 0 atom stereocenters. The summed E-state index contributed by atoms with van der Waals surface area (Å²) in [5.74, 6) is 0.756. The van der Waals surface area contributed by atoms with Crippen LogP contribution in [-0.4, -0.2) is 28.6 Å². The molecule has 0 radical (unpaired) electrons. The van der Waals surface area contributed by atoms with Crippen LogP contribution in [0.1, 0.15) is 28.8 Å². The largest absolute Gasteiger partial charge is 0.416 e. The third-order valence-corrected chi connectivity index (χ3v) is 5.63. The minimum atomic E-state index is -0.225. The topological polar surface area (TPSA) is 88.3 Å². The molecule has 7 heteroatoms. The van der Waals surface area contributed by atoms with Crippen LogP contribution in [0.25, 0.3) is 22.9 Å². The van der Waals surface area contributed by atoms with Gasteiger partial charge in [0.1, 0.15) is 0 Å². The molecule has 3 aromatic carbocycles. The van der Waals surface area contributed by atoms with Crippen molar-refractivity contribution in [1.82, 2.24) is 10.2 Å². The van der Waals surface area contributed by atoms with Crippen LogP contribution in [-0.2, 0) is 4.79 Å². The summed E-state index contributed by atoms with van der Waals surface area (Å²) in [4.78, 5) is 26.3. The van der Waals surface area contributed by atoms with Gasteiger partial charge in [-0.05, 0) is 74.0 Å². The summed E-state index contributed by atoms with van der Waals surface area (Å²) in [5.41, 5.74) is 4.77. The van der Waals surface area contributed by atoms with Crippen molar-refractivity contribution < 1.29 is 14.0 Å². The maximum atomic E-state index is 12.6. The van der Waals surface area contributed by atoms with E-state index in [4.69, 9.17) is 4.42 Å². The minimum absolute atomic E-state index is 0.138. The molecule has 0 unspecified atom stereocenters. The molecule has 0 bridgehead atoms. The second kappa shape index (κ2) is 8.70. The third-order valence-electron chi connectivity index (χ3n) is 5.63. The number of nitrogens with zero attached hydrogens (tertiary/aromatic N) is 3. The van der Waals surface area contributed by atoms with E-state index in [1.54, 1.807) is 41.3 Å². The van der Waals surface area contributed by atoms with Crippen LogP contribution in [0.3, 0.4) is 0 Å². The Labute approximate surface area is 191 Å². The maximum absolute atomic E-state index is 12.6. The van der Waals surface area contributed by atoms with E-state index in [0.717, 1.165) is 35.3 Å². The SMILES string of the molecule is Cc1ccc(-c2nnc(-c3ccc(C(=O)Nc4ccc(N5CCCC5=O)cc4)cc3)o2)cc1. The third kappa shape index (κ3) is 4.39. The van der Waals surface area contributed by atoms with Crippen molar-refractivity contribution in [1.29, 1.82) is 0 Å². The summed E-state index contributed by atoms with van der Waals surface area (Å²) in [6.07, 6.45) is 1.47. The highest BCUT2D eigenvalue weighted by molar-refractivity contribution is 6.04. The summed E-state index contributed by atoms with van der Waals surface area (Å²) in [7, 11) is 0. The molecule has 1 aliphatic heterocycles. The average Bonchev–Trinajstić information content (AvgIpc) is 3.50. The number of hydrogen-bond acceptors (Lipinski definition) is 5. The predicted molar refractivity (Wildman–Crippen MR) is 126 cm³/mol. The van der Waals surface area contributed by atoms with Gasteiger partial charge >= 0.3 is 0 Å². The number of aryl methyl sites for hydroxylation is 1. The number of rotatable bonds is 5. The summed E-state index contributed by atoms with van der Waals surface area (Å²) < 4.78 is 5.80. The molecular formula is C26H22N4O3. The quantitative estimate of drug-likeness (QED) is 0.469. The van der Waals surface area contributed by atoms with Gasteiger partial charge in [0.2, 0.25) is 17.7 Å². The van der Waals surface area contributed by atoms with Crippen LogP contribution in [0.5, 0.6) is 0 Å². The monoisotopic (exact) mass is 438 g/mol. The van der Waals surface area contributed by atoms with E-state index in [9.17, 15) is 9.59 Å². The highest BCUT2D eigenvalue weighted by atomic mass is 16.4. The smallest absolute Gasteiger partial charge is 0.255 e. The maximum Gasteiger partial charge on any atom is 0.255 e. The highest BCUT2D eigenvalue weighted by Crippen LogP contribution is 2.25. The number of benzene rings is 3. The molecule has 0 saturated carbocycles. The van der Waals surface area contributed by atoms with E-state index in [1.165, 1.54) is 0 Å². The van der Waals surface area contributed by atoms with Gasteiger partial charge in [0.15, 0.2) is 0 Å². The van der Waals surface area contributed by atoms with E-state index < -0.39 is 0 Å². The highest BCUT2D eigenvalue weighted by Gasteiger charge is 2.21. The van der Waals surface area contributed by atoms with Crippen molar-refractivity contribution >= 4 is 23.2 Å². The average molecular weight is 438 g/mol. The van der Waals surface area contributed by atoms with Crippen molar-refractivity contribution in [3.05, 3.63) is 83.9 Å². The number of aromatic nitrogens is 2. The van der Waals surface area contributed by atoms with Gasteiger partial charge in [0.05, 0.1) is 0 Å². The zero-order valence-electron chi connectivity index (χ0n) is 18.1. The van der Waals surface area contributed by atoms with Gasteiger partial charge in [-0.15, -0.1) is 10.2 Å².